The minimum absolute atomic E-state index is 0.170. The van der Waals surface area contributed by atoms with Gasteiger partial charge in [0.15, 0.2) is 5.69 Å². The lowest BCUT2D eigenvalue weighted by atomic mass is 10.1. The van der Waals surface area contributed by atoms with Crippen LogP contribution >= 0.6 is 0 Å². The Hall–Kier alpha value is -1.18. The van der Waals surface area contributed by atoms with E-state index in [1.165, 1.54) is 7.11 Å². The van der Waals surface area contributed by atoms with Crippen LogP contribution in [0, 0.1) is 0 Å². The smallest absolute Gasteiger partial charge is 0.358 e. The summed E-state index contributed by atoms with van der Waals surface area (Å²) in [4.78, 5) is 15.7. The van der Waals surface area contributed by atoms with Gasteiger partial charge in [-0.2, -0.15) is 0 Å². The number of nitrogens with zero attached hydrogens (tertiary/aromatic N) is 2. The van der Waals surface area contributed by atoms with E-state index >= 15 is 0 Å². The fourth-order valence-electron chi connectivity index (χ4n) is 1.75. The molecule has 0 bridgehead atoms. The van der Waals surface area contributed by atoms with Gasteiger partial charge in [-0.3, -0.25) is 0 Å². The van der Waals surface area contributed by atoms with Crippen LogP contribution < -0.4 is 0 Å². The summed E-state index contributed by atoms with van der Waals surface area (Å²) < 4.78 is 12.0. The molecule has 7 heteroatoms. The van der Waals surface area contributed by atoms with Gasteiger partial charge >= 0.3 is 5.97 Å². The third-order valence-corrected chi connectivity index (χ3v) is 4.65. The van der Waals surface area contributed by atoms with Crippen LogP contribution in [0.1, 0.15) is 30.2 Å². The maximum atomic E-state index is 11.6. The van der Waals surface area contributed by atoms with E-state index in [0.29, 0.717) is 12.4 Å². The van der Waals surface area contributed by atoms with Crippen LogP contribution in [0.25, 0.3) is 0 Å². The summed E-state index contributed by atoms with van der Waals surface area (Å²) in [5.41, 5.74) is -0.988. The summed E-state index contributed by atoms with van der Waals surface area (Å²) in [6.45, 7) is 11.0. The average molecular weight is 314 g/mol. The Bertz CT molecular complexity index is 486. The molecule has 0 spiro atoms. The van der Waals surface area contributed by atoms with Gasteiger partial charge in [-0.05, 0) is 19.9 Å². The zero-order chi connectivity index (χ0) is 16.3. The van der Waals surface area contributed by atoms with Crippen molar-refractivity contribution in [2.45, 2.75) is 51.9 Å². The molecule has 0 aliphatic rings. The summed E-state index contributed by atoms with van der Waals surface area (Å²) in [5.74, 6) is -0.141. The van der Waals surface area contributed by atoms with Gasteiger partial charge in [0.2, 0.25) is 0 Å². The summed E-state index contributed by atoms with van der Waals surface area (Å²) in [7, 11) is 0.164. The Morgan fingerprint density at radius 1 is 1.43 bits per heavy atom. The molecule has 120 valence electrons. The predicted molar refractivity (Wildman–Crippen MR) is 82.9 cm³/mol. The summed E-state index contributed by atoms with van der Waals surface area (Å²) in [6, 6.07) is 1.06. The fourth-order valence-corrected chi connectivity index (χ4v) is 2.50. The van der Waals surface area contributed by atoms with Crippen LogP contribution in [0.3, 0.4) is 0 Å². The summed E-state index contributed by atoms with van der Waals surface area (Å²) in [6.07, 6.45) is 1.55. The van der Waals surface area contributed by atoms with Crippen LogP contribution in [0.2, 0.25) is 25.7 Å². The zero-order valence-corrected chi connectivity index (χ0v) is 14.8. The van der Waals surface area contributed by atoms with Crippen molar-refractivity contribution in [3.05, 3.63) is 17.7 Å². The first kappa shape index (κ1) is 17.9. The maximum absolute atomic E-state index is 11.6. The monoisotopic (exact) mass is 314 g/mol. The van der Waals surface area contributed by atoms with E-state index in [1.54, 1.807) is 24.6 Å². The van der Waals surface area contributed by atoms with Crippen LogP contribution in [0.15, 0.2) is 6.20 Å². The molecule has 0 aliphatic heterocycles. The lowest BCUT2D eigenvalue weighted by Gasteiger charge is -2.19. The quantitative estimate of drug-likeness (QED) is 0.474. The van der Waals surface area contributed by atoms with Crippen LogP contribution in [0.5, 0.6) is 0 Å². The normalized spacial score (nSPS) is 12.5. The Morgan fingerprint density at radius 3 is 2.52 bits per heavy atom. The van der Waals surface area contributed by atoms with Gasteiger partial charge < -0.3 is 19.1 Å². The van der Waals surface area contributed by atoms with E-state index in [4.69, 9.17) is 4.74 Å². The standard InChI is InChI=1S/C14H26N2O4Si/c1-14(2,18)13-15-11(12(17)19-3)9-16(13)10-20-7-8-21(4,5)6/h9,18H,7-8,10H2,1-6H3. The van der Waals surface area contributed by atoms with E-state index < -0.39 is 19.6 Å². The van der Waals surface area contributed by atoms with Gasteiger partial charge in [-0.25, -0.2) is 9.78 Å². The number of rotatable bonds is 7. The molecule has 0 fully saturated rings. The van der Waals surface area contributed by atoms with Gasteiger partial charge in [0.05, 0.1) is 7.11 Å². The topological polar surface area (TPSA) is 73.6 Å². The number of imidazole rings is 1. The number of carbonyl (C=O) groups is 1. The predicted octanol–water partition coefficient (Wildman–Crippen LogP) is 2.21. The van der Waals surface area contributed by atoms with Gasteiger partial charge in [0, 0.05) is 20.9 Å². The molecule has 0 atom stereocenters. The molecule has 1 aromatic rings. The molecule has 1 aromatic heterocycles. The van der Waals surface area contributed by atoms with Crippen molar-refractivity contribution in [3.8, 4) is 0 Å². The second kappa shape index (κ2) is 6.72. The van der Waals surface area contributed by atoms with E-state index in [-0.39, 0.29) is 12.4 Å². The van der Waals surface area contributed by atoms with E-state index in [1.807, 2.05) is 0 Å². The first-order valence-electron chi connectivity index (χ1n) is 7.00. The Balaban J connectivity index is 2.80. The van der Waals surface area contributed by atoms with Crippen molar-refractivity contribution < 1.29 is 19.4 Å². The minimum atomic E-state index is -1.16. The van der Waals surface area contributed by atoms with Gasteiger partial charge in [0.25, 0.3) is 0 Å². The first-order valence-corrected chi connectivity index (χ1v) is 10.7. The Morgan fingerprint density at radius 2 is 2.05 bits per heavy atom. The van der Waals surface area contributed by atoms with Crippen molar-refractivity contribution >= 4 is 14.0 Å². The number of hydrogen-bond acceptors (Lipinski definition) is 5. The minimum Gasteiger partial charge on any atom is -0.464 e. The molecular weight excluding hydrogens is 288 g/mol. The Labute approximate surface area is 127 Å². The molecule has 0 amide bonds. The van der Waals surface area contributed by atoms with Gasteiger partial charge in [0.1, 0.15) is 18.2 Å². The van der Waals surface area contributed by atoms with E-state index in [2.05, 4.69) is 29.4 Å². The molecule has 0 aromatic carbocycles. The van der Waals surface area contributed by atoms with Crippen LogP contribution in [-0.4, -0.2) is 42.4 Å². The van der Waals surface area contributed by atoms with Crippen LogP contribution in [-0.2, 0) is 21.8 Å². The van der Waals surface area contributed by atoms with Crippen molar-refractivity contribution in [1.82, 2.24) is 9.55 Å². The molecule has 0 radical (unpaired) electrons. The van der Waals surface area contributed by atoms with Crippen molar-refractivity contribution in [1.29, 1.82) is 0 Å². The highest BCUT2D eigenvalue weighted by Gasteiger charge is 2.26. The highest BCUT2D eigenvalue weighted by molar-refractivity contribution is 6.76. The second-order valence-electron chi connectivity index (χ2n) is 6.82. The number of aromatic nitrogens is 2. The van der Waals surface area contributed by atoms with E-state index in [0.717, 1.165) is 6.04 Å². The molecular formula is C14H26N2O4Si. The SMILES string of the molecule is COC(=O)c1cn(COCC[Si](C)(C)C)c(C(C)(C)O)n1. The molecule has 1 rings (SSSR count). The molecule has 6 nitrogen and oxygen atoms in total. The average Bonchev–Trinajstić information content (AvgIpc) is 2.76. The number of aliphatic hydroxyl groups is 1. The van der Waals surface area contributed by atoms with Crippen LogP contribution in [0.4, 0.5) is 0 Å². The number of ether oxygens (including phenoxy) is 2. The number of esters is 1. The van der Waals surface area contributed by atoms with Gasteiger partial charge in [-0.1, -0.05) is 19.6 Å². The molecule has 1 N–H and O–H groups in total. The molecule has 0 unspecified atom stereocenters. The van der Waals surface area contributed by atoms with Crippen molar-refractivity contribution in [3.63, 3.8) is 0 Å². The lowest BCUT2D eigenvalue weighted by Crippen LogP contribution is -2.24. The zero-order valence-electron chi connectivity index (χ0n) is 13.8. The molecule has 0 saturated carbocycles. The highest BCUT2D eigenvalue weighted by atomic mass is 28.3. The largest absolute Gasteiger partial charge is 0.464 e. The molecule has 0 aliphatic carbocycles. The lowest BCUT2D eigenvalue weighted by molar-refractivity contribution is 0.0412. The highest BCUT2D eigenvalue weighted by Crippen LogP contribution is 2.20. The summed E-state index contributed by atoms with van der Waals surface area (Å²) in [5, 5.41) is 10.1. The Kier molecular flexibility index (Phi) is 5.72. The molecule has 21 heavy (non-hydrogen) atoms. The number of carbonyl (C=O) groups excluding carboxylic acids is 1. The fraction of sp³-hybridized carbons (Fsp3) is 0.714. The third kappa shape index (κ3) is 5.60. The maximum Gasteiger partial charge on any atom is 0.358 e. The second-order valence-corrected chi connectivity index (χ2v) is 12.4. The van der Waals surface area contributed by atoms with Crippen molar-refractivity contribution in [2.24, 2.45) is 0 Å². The molecule has 1 heterocycles. The molecule has 0 saturated heterocycles. The number of methoxy groups -OCH3 is 1. The van der Waals surface area contributed by atoms with Gasteiger partial charge in [-0.15, -0.1) is 0 Å². The third-order valence-electron chi connectivity index (χ3n) is 2.95. The van der Waals surface area contributed by atoms with Crippen molar-refractivity contribution in [2.75, 3.05) is 13.7 Å². The summed E-state index contributed by atoms with van der Waals surface area (Å²) >= 11 is 0. The first-order chi connectivity index (χ1) is 9.54. The number of hydrogen-bond donors (Lipinski definition) is 1. The van der Waals surface area contributed by atoms with E-state index in [9.17, 15) is 9.90 Å².